The summed E-state index contributed by atoms with van der Waals surface area (Å²) in [5.41, 5.74) is 0. The van der Waals surface area contributed by atoms with Crippen molar-refractivity contribution in [2.75, 3.05) is 13.2 Å². The third-order valence-electron chi connectivity index (χ3n) is 13.0. The molecular weight excluding hydrogens is 907 g/mol. The van der Waals surface area contributed by atoms with Crippen LogP contribution in [0.25, 0.3) is 0 Å². The molecule has 0 saturated carbocycles. The molecule has 72 heavy (non-hydrogen) atoms. The molecule has 1 rings (SSSR count). The molecule has 1 saturated heterocycles. The van der Waals surface area contributed by atoms with Crippen LogP contribution in [-0.4, -0.2) is 99.6 Å². The Morgan fingerprint density at radius 1 is 0.542 bits per heavy atom. The number of unbranched alkanes of at least 4 members (excludes halogenated alkanes) is 22. The fraction of sp³-hybridized carbons (Fsp3) is 0.738. The molecule has 0 aromatic rings. The van der Waals surface area contributed by atoms with Crippen LogP contribution in [0.15, 0.2) is 85.1 Å². The molecule has 0 radical (unpaired) electrons. The molecule has 1 amide bonds. The van der Waals surface area contributed by atoms with E-state index in [0.717, 1.165) is 70.6 Å². The first-order chi connectivity index (χ1) is 35.2. The summed E-state index contributed by atoms with van der Waals surface area (Å²) in [6, 6.07) is -1.06. The number of ether oxygens (including phenoxy) is 3. The fourth-order valence-corrected chi connectivity index (χ4v) is 8.38. The van der Waals surface area contributed by atoms with Gasteiger partial charge in [0.05, 0.1) is 25.4 Å². The van der Waals surface area contributed by atoms with Gasteiger partial charge in [-0.3, -0.25) is 9.59 Å². The van der Waals surface area contributed by atoms with Crippen LogP contribution < -0.4 is 5.32 Å². The summed E-state index contributed by atoms with van der Waals surface area (Å²) >= 11 is 0. The number of esters is 1. The molecule has 1 heterocycles. The minimum absolute atomic E-state index is 0.0753. The van der Waals surface area contributed by atoms with Gasteiger partial charge in [0.1, 0.15) is 24.4 Å². The van der Waals surface area contributed by atoms with Crippen LogP contribution in [0.5, 0.6) is 0 Å². The summed E-state index contributed by atoms with van der Waals surface area (Å²) in [5, 5.41) is 56.6. The van der Waals surface area contributed by atoms with Gasteiger partial charge >= 0.3 is 5.97 Å². The van der Waals surface area contributed by atoms with Gasteiger partial charge in [-0.1, -0.05) is 215 Å². The van der Waals surface area contributed by atoms with Crippen molar-refractivity contribution in [1.29, 1.82) is 0 Å². The molecule has 0 bridgehead atoms. The van der Waals surface area contributed by atoms with Crippen LogP contribution in [0.1, 0.15) is 226 Å². The quantitative estimate of drug-likeness (QED) is 0.0196. The summed E-state index contributed by atoms with van der Waals surface area (Å²) in [7, 11) is 0. The van der Waals surface area contributed by atoms with Gasteiger partial charge in [-0.25, -0.2) is 0 Å². The maximum Gasteiger partial charge on any atom is 0.306 e. The number of hydrogen-bond donors (Lipinski definition) is 6. The SMILES string of the molecule is CCCCC/C=C\C/C=C\C/C=C\C/C=C\CCCCCC(=O)OC1C(OCC(NC(=O)C(O)C/C=C/C/C=C\CCCCCCCC)C(O)/C=C/CCCCCCCCCCCC)OC(CO)C(O)C1O. The van der Waals surface area contributed by atoms with Gasteiger partial charge < -0.3 is 45.1 Å². The van der Waals surface area contributed by atoms with Gasteiger partial charge in [0.15, 0.2) is 12.4 Å². The Morgan fingerprint density at radius 2 is 0.958 bits per heavy atom. The van der Waals surface area contributed by atoms with Crippen molar-refractivity contribution in [3.63, 3.8) is 0 Å². The predicted molar refractivity (Wildman–Crippen MR) is 296 cm³/mol. The molecule has 1 aliphatic heterocycles. The molecule has 8 atom stereocenters. The van der Waals surface area contributed by atoms with E-state index >= 15 is 0 Å². The minimum atomic E-state index is -1.64. The number of aliphatic hydroxyl groups excluding tert-OH is 5. The van der Waals surface area contributed by atoms with Crippen LogP contribution in [0.2, 0.25) is 0 Å². The van der Waals surface area contributed by atoms with Gasteiger partial charge in [-0.15, -0.1) is 0 Å². The van der Waals surface area contributed by atoms with Crippen LogP contribution in [0.4, 0.5) is 0 Å². The van der Waals surface area contributed by atoms with Gasteiger partial charge in [-0.05, 0) is 83.5 Å². The Hall–Kier alpha value is -3.16. The van der Waals surface area contributed by atoms with E-state index in [1.165, 1.54) is 109 Å². The lowest BCUT2D eigenvalue weighted by Gasteiger charge is -2.41. The molecule has 0 aromatic carbocycles. The average Bonchev–Trinajstić information content (AvgIpc) is 3.38. The molecule has 11 heteroatoms. The highest BCUT2D eigenvalue weighted by molar-refractivity contribution is 5.81. The first-order valence-corrected chi connectivity index (χ1v) is 28.9. The maximum absolute atomic E-state index is 13.3. The Balaban J connectivity index is 2.77. The van der Waals surface area contributed by atoms with Gasteiger partial charge in [0.2, 0.25) is 5.91 Å². The summed E-state index contributed by atoms with van der Waals surface area (Å²) < 4.78 is 17.5. The van der Waals surface area contributed by atoms with Gasteiger partial charge in [-0.2, -0.15) is 0 Å². The lowest BCUT2D eigenvalue weighted by molar-refractivity contribution is -0.305. The number of amides is 1. The molecule has 0 aliphatic carbocycles. The number of carbonyl (C=O) groups excluding carboxylic acids is 2. The third-order valence-corrected chi connectivity index (χ3v) is 13.0. The number of carbonyl (C=O) groups is 2. The Kier molecular flexibility index (Phi) is 45.3. The summed E-state index contributed by atoms with van der Waals surface area (Å²) in [4.78, 5) is 26.4. The van der Waals surface area contributed by atoms with E-state index in [9.17, 15) is 35.1 Å². The van der Waals surface area contributed by atoms with E-state index in [1.807, 2.05) is 12.2 Å². The van der Waals surface area contributed by atoms with Crippen LogP contribution in [0.3, 0.4) is 0 Å². The van der Waals surface area contributed by atoms with Crippen LogP contribution in [0, 0.1) is 0 Å². The van der Waals surface area contributed by atoms with Crippen molar-refractivity contribution in [2.24, 2.45) is 0 Å². The Labute approximate surface area is 438 Å². The zero-order chi connectivity index (χ0) is 52.5. The number of rotatable bonds is 47. The second kappa shape index (κ2) is 48.8. The highest BCUT2D eigenvalue weighted by Gasteiger charge is 2.47. The normalized spacial score (nSPS) is 20.1. The Bertz CT molecular complexity index is 1490. The van der Waals surface area contributed by atoms with E-state index in [-0.39, 0.29) is 19.4 Å². The molecule has 6 N–H and O–H groups in total. The van der Waals surface area contributed by atoms with Crippen molar-refractivity contribution in [3.05, 3.63) is 85.1 Å². The molecule has 1 fully saturated rings. The average molecular weight is 1010 g/mol. The van der Waals surface area contributed by atoms with Crippen LogP contribution in [-0.2, 0) is 23.8 Å². The second-order valence-corrected chi connectivity index (χ2v) is 19.7. The van der Waals surface area contributed by atoms with E-state index in [0.29, 0.717) is 12.8 Å². The molecule has 8 unspecified atom stereocenters. The summed E-state index contributed by atoms with van der Waals surface area (Å²) in [5.74, 6) is -1.30. The Morgan fingerprint density at radius 3 is 1.46 bits per heavy atom. The molecular formula is C61H105NO10. The molecule has 1 aliphatic rings. The topological polar surface area (TPSA) is 175 Å². The predicted octanol–water partition coefficient (Wildman–Crippen LogP) is 13.0. The van der Waals surface area contributed by atoms with E-state index in [2.05, 4.69) is 86.8 Å². The van der Waals surface area contributed by atoms with Crippen molar-refractivity contribution >= 4 is 11.9 Å². The monoisotopic (exact) mass is 1010 g/mol. The maximum atomic E-state index is 13.3. The molecule has 11 nitrogen and oxygen atoms in total. The lowest BCUT2D eigenvalue weighted by Crippen LogP contribution is -2.61. The number of hydrogen-bond acceptors (Lipinski definition) is 10. The van der Waals surface area contributed by atoms with Gasteiger partial charge in [0.25, 0.3) is 0 Å². The van der Waals surface area contributed by atoms with Crippen molar-refractivity contribution in [1.82, 2.24) is 5.32 Å². The highest BCUT2D eigenvalue weighted by atomic mass is 16.7. The zero-order valence-corrected chi connectivity index (χ0v) is 45.5. The molecule has 414 valence electrons. The van der Waals surface area contributed by atoms with Crippen molar-refractivity contribution in [3.8, 4) is 0 Å². The van der Waals surface area contributed by atoms with Crippen LogP contribution >= 0.6 is 0 Å². The fourth-order valence-electron chi connectivity index (χ4n) is 8.38. The first-order valence-electron chi connectivity index (χ1n) is 28.9. The largest absolute Gasteiger partial charge is 0.454 e. The summed E-state index contributed by atoms with van der Waals surface area (Å²) in [6.07, 6.45) is 52.2. The van der Waals surface area contributed by atoms with Crippen molar-refractivity contribution in [2.45, 2.75) is 275 Å². The summed E-state index contributed by atoms with van der Waals surface area (Å²) in [6.45, 7) is 5.67. The van der Waals surface area contributed by atoms with Gasteiger partial charge in [0, 0.05) is 12.8 Å². The number of nitrogens with one attached hydrogen (secondary N) is 1. The number of allylic oxidation sites excluding steroid dienone is 12. The minimum Gasteiger partial charge on any atom is -0.454 e. The van der Waals surface area contributed by atoms with E-state index in [1.54, 1.807) is 12.2 Å². The number of aliphatic hydroxyl groups is 5. The lowest BCUT2D eigenvalue weighted by atomic mass is 9.99. The van der Waals surface area contributed by atoms with Crippen molar-refractivity contribution < 1.29 is 49.3 Å². The highest BCUT2D eigenvalue weighted by Crippen LogP contribution is 2.26. The zero-order valence-electron chi connectivity index (χ0n) is 45.5. The standard InChI is InChI=1S/C61H105NO10/c1-4-7-10-13-16-19-22-25-26-27-28-29-30-31-34-37-40-43-46-49-56(66)72-59-58(68)57(67)55(50-63)71-61(59)70-51-52(53(64)47-44-41-38-35-32-23-20-17-14-11-8-5-2)62-60(69)54(65)48-45-42-39-36-33-24-21-18-15-12-9-6-3/h16,19,25-26,28-29,31,33-34,36,42,44-45,47,52-55,57-59,61,63-65,67-68H,4-15,17-18,20-24,27,30,32,35,37-41,43,46,48-51H2,1-3H3,(H,62,69)/b19-16-,26-25-,29-28-,34-31-,36-33-,45-42+,47-44+. The molecule has 0 spiro atoms. The van der Waals surface area contributed by atoms with E-state index in [4.69, 9.17) is 14.2 Å². The molecule has 0 aromatic heterocycles. The van der Waals surface area contributed by atoms with E-state index < -0.39 is 67.4 Å². The first kappa shape index (κ1) is 66.9. The smallest absolute Gasteiger partial charge is 0.306 e. The second-order valence-electron chi connectivity index (χ2n) is 19.7. The third kappa shape index (κ3) is 36.7.